The zero-order valence-electron chi connectivity index (χ0n) is 38.8. The van der Waals surface area contributed by atoms with Crippen molar-refractivity contribution in [1.82, 2.24) is 0 Å². The summed E-state index contributed by atoms with van der Waals surface area (Å²) in [5.74, 6) is 6.91. The summed E-state index contributed by atoms with van der Waals surface area (Å²) in [5.41, 5.74) is 14.4. The van der Waals surface area contributed by atoms with E-state index in [2.05, 4.69) is 261 Å². The Kier molecular flexibility index (Phi) is 13.7. The lowest BCUT2D eigenvalue weighted by Crippen LogP contribution is -2.78. The Morgan fingerprint density at radius 3 is 1.02 bits per heavy atom. The Morgan fingerprint density at radius 1 is 0.393 bits per heavy atom. The van der Waals surface area contributed by atoms with Crippen LogP contribution in [0.2, 0.25) is 49.4 Å². The summed E-state index contributed by atoms with van der Waals surface area (Å²) in [6.45, 7) is 28.4. The van der Waals surface area contributed by atoms with Crippen LogP contribution < -0.4 is 20.7 Å². The summed E-state index contributed by atoms with van der Waals surface area (Å²) in [6, 6.07) is 58.8. The van der Waals surface area contributed by atoms with Crippen LogP contribution in [0.4, 0.5) is 0 Å². The molecule has 61 heavy (non-hydrogen) atoms. The van der Waals surface area contributed by atoms with Crippen molar-refractivity contribution in [2.75, 3.05) is 0 Å². The van der Waals surface area contributed by atoms with E-state index in [1.54, 1.807) is 0 Å². The Bertz CT molecular complexity index is 2350. The maximum Gasteiger partial charge on any atom is 0.251 e. The highest BCUT2D eigenvalue weighted by Crippen LogP contribution is 2.45. The van der Waals surface area contributed by atoms with Crippen LogP contribution in [0.5, 0.6) is 0 Å². The molecular formula is C56H66OSi4. The molecule has 0 aliphatic rings. The van der Waals surface area contributed by atoms with Gasteiger partial charge in [-0.2, -0.15) is 0 Å². The van der Waals surface area contributed by atoms with E-state index < -0.39 is 32.8 Å². The van der Waals surface area contributed by atoms with E-state index in [9.17, 15) is 0 Å². The molecule has 2 unspecified atom stereocenters. The molecule has 0 bridgehead atoms. The van der Waals surface area contributed by atoms with E-state index in [0.29, 0.717) is 0 Å². The van der Waals surface area contributed by atoms with Crippen LogP contribution in [0.25, 0.3) is 0 Å². The lowest BCUT2D eigenvalue weighted by atomic mass is 10.0. The van der Waals surface area contributed by atoms with Crippen LogP contribution in [-0.4, -0.2) is 32.8 Å². The molecule has 0 spiro atoms. The maximum absolute atomic E-state index is 8.87. The second kappa shape index (κ2) is 18.3. The van der Waals surface area contributed by atoms with Crippen molar-refractivity contribution in [2.45, 2.75) is 104 Å². The normalized spacial score (nSPS) is 14.1. The third-order valence-corrected chi connectivity index (χ3v) is 24.6. The molecule has 0 N–H and O–H groups in total. The predicted octanol–water partition coefficient (Wildman–Crippen LogP) is 11.8. The van der Waals surface area contributed by atoms with Gasteiger partial charge in [-0.25, -0.2) is 0 Å². The van der Waals surface area contributed by atoms with Gasteiger partial charge in [-0.15, -0.1) is 11.1 Å². The minimum absolute atomic E-state index is 0.249. The average molecular weight is 867 g/mol. The first-order valence-electron chi connectivity index (χ1n) is 21.9. The van der Waals surface area contributed by atoms with Gasteiger partial charge in [-0.3, -0.25) is 0 Å². The summed E-state index contributed by atoms with van der Waals surface area (Å²) in [6.07, 6.45) is 1.62. The summed E-state index contributed by atoms with van der Waals surface area (Å²) in [4.78, 5) is 0. The van der Waals surface area contributed by atoms with Gasteiger partial charge in [0.15, 0.2) is 0 Å². The zero-order valence-corrected chi connectivity index (χ0v) is 42.8. The van der Waals surface area contributed by atoms with E-state index in [0.717, 1.165) is 24.0 Å². The molecule has 0 heterocycles. The fraction of sp³-hybridized carbons (Fsp3) is 0.286. The summed E-state index contributed by atoms with van der Waals surface area (Å²) in [7, 11) is -9.40. The zero-order chi connectivity index (χ0) is 44.1. The van der Waals surface area contributed by atoms with Gasteiger partial charge < -0.3 is 4.12 Å². The van der Waals surface area contributed by atoms with Gasteiger partial charge in [0.25, 0.3) is 16.6 Å². The first kappa shape index (κ1) is 45.8. The Balaban J connectivity index is 1.59. The largest absolute Gasteiger partial charge is 0.441 e. The van der Waals surface area contributed by atoms with Crippen LogP contribution in [0.15, 0.2) is 158 Å². The third kappa shape index (κ3) is 10.7. The molecule has 6 rings (SSSR count). The van der Waals surface area contributed by atoms with Crippen LogP contribution in [-0.2, 0) is 17.0 Å². The molecule has 1 nitrogen and oxygen atoms in total. The fourth-order valence-electron chi connectivity index (χ4n) is 8.50. The Hall–Kier alpha value is -4.73. The summed E-state index contributed by atoms with van der Waals surface area (Å²) < 4.78 is 8.87. The minimum Gasteiger partial charge on any atom is -0.441 e. The van der Waals surface area contributed by atoms with E-state index in [4.69, 9.17) is 4.12 Å². The highest BCUT2D eigenvalue weighted by atomic mass is 28.4. The van der Waals surface area contributed by atoms with Crippen molar-refractivity contribution in [3.05, 3.63) is 191 Å². The maximum atomic E-state index is 8.87. The lowest BCUT2D eigenvalue weighted by molar-refractivity contribution is 0.474. The van der Waals surface area contributed by atoms with Crippen molar-refractivity contribution in [2.24, 2.45) is 0 Å². The van der Waals surface area contributed by atoms with Crippen molar-refractivity contribution < 1.29 is 4.12 Å². The Labute approximate surface area is 373 Å². The topological polar surface area (TPSA) is 9.23 Å². The number of rotatable bonds is 10. The molecule has 5 heteroatoms. The molecule has 0 saturated heterocycles. The Morgan fingerprint density at radius 2 is 0.705 bits per heavy atom. The first-order chi connectivity index (χ1) is 28.7. The number of hydrogen-bond donors (Lipinski definition) is 0. The van der Waals surface area contributed by atoms with Crippen LogP contribution in [0, 0.1) is 22.9 Å². The van der Waals surface area contributed by atoms with Gasteiger partial charge in [0.2, 0.25) is 0 Å². The predicted molar refractivity (Wildman–Crippen MR) is 275 cm³/mol. The molecule has 312 valence electrons. The molecule has 0 aliphatic carbocycles. The smallest absolute Gasteiger partial charge is 0.251 e. The van der Waals surface area contributed by atoms with Gasteiger partial charge >= 0.3 is 0 Å². The summed E-state index contributed by atoms with van der Waals surface area (Å²) >= 11 is 0. The molecule has 0 aromatic heterocycles. The summed E-state index contributed by atoms with van der Waals surface area (Å²) in [5, 5.41) is 4.80. The molecule has 0 amide bonds. The van der Waals surface area contributed by atoms with Crippen LogP contribution >= 0.6 is 0 Å². The number of hydrogen-bond acceptors (Lipinski definition) is 1. The van der Waals surface area contributed by atoms with Gasteiger partial charge in [-0.1, -0.05) is 226 Å². The monoisotopic (exact) mass is 866 g/mol. The fourth-order valence-corrected chi connectivity index (χ4v) is 22.9. The van der Waals surface area contributed by atoms with E-state index in [1.807, 2.05) is 0 Å². The standard InChI is InChI=1S/C56H66OSi4/c1-55(2,3)60(51-25-15-13-16-26-51,53-29-21-19-23-49(53)43-47-35-31-45(32-36-47)39-41-58(7,8)9)57-61(56(4,5)6,52-27-17-14-18-28-52)54-30-22-20-24-50(54)44-48-37-33-46(34-38-48)40-42-59(10,11)12/h13-38H,43-44H2,1-12H3. The van der Waals surface area contributed by atoms with E-state index in [-0.39, 0.29) is 10.1 Å². The van der Waals surface area contributed by atoms with Gasteiger partial charge in [0, 0.05) is 11.1 Å². The van der Waals surface area contributed by atoms with Crippen LogP contribution in [0.3, 0.4) is 0 Å². The molecule has 0 radical (unpaired) electrons. The second-order valence-electron chi connectivity index (χ2n) is 20.8. The SMILES string of the molecule is CC(C)(C)[Si](O[Si](c1ccccc1)(c1ccccc1Cc1ccc(C#C[Si](C)(C)C)cc1)C(C)(C)C)(c1ccccc1)c1ccccc1Cc1ccc(C#C[Si](C)(C)C)cc1. The van der Waals surface area contributed by atoms with Crippen molar-refractivity contribution in [1.29, 1.82) is 0 Å². The van der Waals surface area contributed by atoms with Crippen LogP contribution in [0.1, 0.15) is 74.9 Å². The lowest BCUT2D eigenvalue weighted by Gasteiger charge is -2.54. The molecule has 0 fully saturated rings. The number of benzene rings is 6. The van der Waals surface area contributed by atoms with Crippen molar-refractivity contribution in [3.8, 4) is 22.9 Å². The molecule has 6 aromatic rings. The molecule has 6 aromatic carbocycles. The second-order valence-corrected chi connectivity index (χ2v) is 39.0. The van der Waals surface area contributed by atoms with Gasteiger partial charge in [-0.05, 0) is 90.2 Å². The van der Waals surface area contributed by atoms with E-state index >= 15 is 0 Å². The van der Waals surface area contributed by atoms with Crippen molar-refractivity contribution in [3.63, 3.8) is 0 Å². The highest BCUT2D eigenvalue weighted by molar-refractivity contribution is 7.11. The molecule has 0 saturated carbocycles. The molecule has 0 aliphatic heterocycles. The first-order valence-corrected chi connectivity index (χ1v) is 32.8. The third-order valence-electron chi connectivity index (χ3n) is 11.4. The molecule has 2 atom stereocenters. The quantitative estimate of drug-likeness (QED) is 0.0985. The van der Waals surface area contributed by atoms with Gasteiger partial charge in [0.05, 0.1) is 0 Å². The average Bonchev–Trinajstić information content (AvgIpc) is 3.21. The molecular weight excluding hydrogens is 801 g/mol. The minimum atomic E-state index is -3.22. The van der Waals surface area contributed by atoms with E-state index in [1.165, 1.54) is 43.0 Å². The van der Waals surface area contributed by atoms with Crippen molar-refractivity contribution >= 4 is 53.5 Å². The van der Waals surface area contributed by atoms with Gasteiger partial charge in [0.1, 0.15) is 16.1 Å². The highest BCUT2D eigenvalue weighted by Gasteiger charge is 2.61.